The van der Waals surface area contributed by atoms with Crippen LogP contribution in [-0.2, 0) is 0 Å². The lowest BCUT2D eigenvalue weighted by molar-refractivity contribution is 0.262. The fourth-order valence-electron chi connectivity index (χ4n) is 2.65. The molecule has 2 amide bonds. The molecule has 0 spiro atoms. The molecule has 0 aliphatic carbocycles. The number of aromatic nitrogens is 1. The third-order valence-electron chi connectivity index (χ3n) is 3.76. The molecule has 3 N–H and O–H groups in total. The summed E-state index contributed by atoms with van der Waals surface area (Å²) in [5.74, 6) is 1.00. The maximum absolute atomic E-state index is 12.0. The van der Waals surface area contributed by atoms with E-state index in [2.05, 4.69) is 20.9 Å². The monoisotopic (exact) mass is 296 g/mol. The van der Waals surface area contributed by atoms with Gasteiger partial charge in [-0.05, 0) is 43.7 Å². The van der Waals surface area contributed by atoms with Crippen LogP contribution in [0.15, 0.2) is 48.5 Å². The number of carbonyl (C=O) groups is 1. The van der Waals surface area contributed by atoms with E-state index in [1.54, 1.807) is 0 Å². The molecule has 22 heavy (non-hydrogen) atoms. The minimum absolute atomic E-state index is 0.280. The van der Waals surface area contributed by atoms with Crippen LogP contribution >= 0.6 is 0 Å². The summed E-state index contributed by atoms with van der Waals surface area (Å²) in [5, 5.41) is 8.96. The summed E-state index contributed by atoms with van der Waals surface area (Å²) in [6.45, 7) is 2.03. The van der Waals surface area contributed by atoms with Crippen molar-refractivity contribution < 1.29 is 4.79 Å². The Kier molecular flexibility index (Phi) is 4.65. The molecule has 1 fully saturated rings. The Balaban J connectivity index is 1.63. The van der Waals surface area contributed by atoms with E-state index >= 15 is 0 Å². The molecule has 0 unspecified atom stereocenters. The van der Waals surface area contributed by atoms with E-state index in [0.29, 0.717) is 11.7 Å². The third kappa shape index (κ3) is 3.83. The van der Waals surface area contributed by atoms with Gasteiger partial charge in [-0.15, -0.1) is 0 Å². The average molecular weight is 296 g/mol. The first kappa shape index (κ1) is 14.5. The van der Waals surface area contributed by atoms with Crippen LogP contribution in [0.3, 0.4) is 0 Å². The van der Waals surface area contributed by atoms with Gasteiger partial charge in [0.1, 0.15) is 5.82 Å². The molecule has 3 rings (SSSR count). The maximum atomic E-state index is 12.0. The average Bonchev–Trinajstić information content (AvgIpc) is 2.57. The van der Waals surface area contributed by atoms with Gasteiger partial charge >= 0.3 is 6.03 Å². The van der Waals surface area contributed by atoms with Crippen LogP contribution in [0.1, 0.15) is 24.5 Å². The number of hydrogen-bond donors (Lipinski definition) is 3. The molecule has 2 aromatic rings. The van der Waals surface area contributed by atoms with Crippen LogP contribution in [0.25, 0.3) is 0 Å². The number of para-hydroxylation sites is 1. The number of amides is 2. The minimum atomic E-state index is -0.280. The van der Waals surface area contributed by atoms with Crippen molar-refractivity contribution >= 4 is 17.5 Å². The van der Waals surface area contributed by atoms with E-state index in [4.69, 9.17) is 0 Å². The lowest BCUT2D eigenvalue weighted by atomic mass is 9.96. The molecule has 2 heterocycles. The zero-order valence-electron chi connectivity index (χ0n) is 12.4. The van der Waals surface area contributed by atoms with Crippen LogP contribution in [0.5, 0.6) is 0 Å². The van der Waals surface area contributed by atoms with Gasteiger partial charge < -0.3 is 10.6 Å². The Labute approximate surface area is 130 Å². The number of nitrogens with zero attached hydrogens (tertiary/aromatic N) is 1. The van der Waals surface area contributed by atoms with Crippen LogP contribution in [0.2, 0.25) is 0 Å². The largest absolute Gasteiger partial charge is 0.324 e. The number of carbonyl (C=O) groups excluding carboxylic acids is 1. The molecule has 0 saturated carbocycles. The zero-order chi connectivity index (χ0) is 15.2. The first-order chi connectivity index (χ1) is 10.8. The molecular formula is C17H20N4O. The first-order valence-electron chi connectivity index (χ1n) is 7.62. The van der Waals surface area contributed by atoms with Crippen LogP contribution in [0, 0.1) is 0 Å². The highest BCUT2D eigenvalue weighted by Crippen LogP contribution is 2.22. The van der Waals surface area contributed by atoms with Gasteiger partial charge in [-0.2, -0.15) is 0 Å². The second-order valence-corrected chi connectivity index (χ2v) is 5.44. The molecule has 0 bridgehead atoms. The van der Waals surface area contributed by atoms with Crippen LogP contribution < -0.4 is 16.0 Å². The highest BCUT2D eigenvalue weighted by atomic mass is 16.2. The lowest BCUT2D eigenvalue weighted by Crippen LogP contribution is -2.29. The number of hydrogen-bond acceptors (Lipinski definition) is 3. The number of rotatable bonds is 3. The smallest absolute Gasteiger partial charge is 0.316 e. The summed E-state index contributed by atoms with van der Waals surface area (Å²) >= 11 is 0. The SMILES string of the molecule is O=C(Nc1ccccc1)Nc1cccc([C@H]2CCCNC2)n1. The molecule has 1 aromatic carbocycles. The number of pyridine rings is 1. The molecule has 1 aromatic heterocycles. The van der Waals surface area contributed by atoms with Crippen molar-refractivity contribution in [3.05, 3.63) is 54.2 Å². The van der Waals surface area contributed by atoms with Crippen molar-refractivity contribution in [1.29, 1.82) is 0 Å². The molecule has 5 heteroatoms. The topological polar surface area (TPSA) is 66.1 Å². The van der Waals surface area contributed by atoms with Crippen molar-refractivity contribution in [1.82, 2.24) is 10.3 Å². The maximum Gasteiger partial charge on any atom is 0.324 e. The van der Waals surface area contributed by atoms with Crippen molar-refractivity contribution in [2.75, 3.05) is 23.7 Å². The molecule has 0 radical (unpaired) electrons. The van der Waals surface area contributed by atoms with Gasteiger partial charge in [-0.25, -0.2) is 9.78 Å². The van der Waals surface area contributed by atoms with Gasteiger partial charge in [-0.3, -0.25) is 5.32 Å². The predicted molar refractivity (Wildman–Crippen MR) is 88.2 cm³/mol. The van der Waals surface area contributed by atoms with E-state index in [9.17, 15) is 4.79 Å². The number of anilines is 2. The van der Waals surface area contributed by atoms with Gasteiger partial charge in [0, 0.05) is 23.8 Å². The van der Waals surface area contributed by atoms with Gasteiger partial charge in [-0.1, -0.05) is 24.3 Å². The number of nitrogens with one attached hydrogen (secondary N) is 3. The molecule has 1 aliphatic heterocycles. The van der Waals surface area contributed by atoms with Crippen molar-refractivity contribution in [3.63, 3.8) is 0 Å². The van der Waals surface area contributed by atoms with Crippen molar-refractivity contribution in [2.45, 2.75) is 18.8 Å². The summed E-state index contributed by atoms with van der Waals surface area (Å²) < 4.78 is 0. The fraction of sp³-hybridized carbons (Fsp3) is 0.294. The molecular weight excluding hydrogens is 276 g/mol. The highest BCUT2D eigenvalue weighted by molar-refractivity contribution is 5.99. The van der Waals surface area contributed by atoms with E-state index < -0.39 is 0 Å². The third-order valence-corrected chi connectivity index (χ3v) is 3.76. The van der Waals surface area contributed by atoms with Crippen LogP contribution in [-0.4, -0.2) is 24.1 Å². The summed E-state index contributed by atoms with van der Waals surface area (Å²) in [4.78, 5) is 16.6. The second-order valence-electron chi connectivity index (χ2n) is 5.44. The predicted octanol–water partition coefficient (Wildman–Crippen LogP) is 3.19. The van der Waals surface area contributed by atoms with Crippen molar-refractivity contribution in [3.8, 4) is 0 Å². The van der Waals surface area contributed by atoms with E-state index in [-0.39, 0.29) is 6.03 Å². The molecule has 1 aliphatic rings. The molecule has 5 nitrogen and oxygen atoms in total. The number of benzene rings is 1. The Morgan fingerprint density at radius 1 is 1.09 bits per heavy atom. The number of urea groups is 1. The Hall–Kier alpha value is -2.40. The summed E-state index contributed by atoms with van der Waals surface area (Å²) in [6, 6.07) is 14.9. The lowest BCUT2D eigenvalue weighted by Gasteiger charge is -2.22. The Bertz CT molecular complexity index is 624. The summed E-state index contributed by atoms with van der Waals surface area (Å²) in [6.07, 6.45) is 2.30. The normalized spacial score (nSPS) is 17.7. The first-order valence-corrected chi connectivity index (χ1v) is 7.62. The standard InChI is InChI=1S/C17H20N4O/c22-17(19-14-7-2-1-3-8-14)21-16-10-4-9-15(20-16)13-6-5-11-18-12-13/h1-4,7-10,13,18H,5-6,11-12H2,(H2,19,20,21,22)/t13-/m0/s1. The van der Waals surface area contributed by atoms with Gasteiger partial charge in [0.2, 0.25) is 0 Å². The molecule has 114 valence electrons. The minimum Gasteiger partial charge on any atom is -0.316 e. The molecule has 1 saturated heterocycles. The van der Waals surface area contributed by atoms with Gasteiger partial charge in [0.25, 0.3) is 0 Å². The second kappa shape index (κ2) is 7.04. The zero-order valence-corrected chi connectivity index (χ0v) is 12.4. The summed E-state index contributed by atoms with van der Waals surface area (Å²) in [7, 11) is 0. The van der Waals surface area contributed by atoms with Gasteiger partial charge in [0.05, 0.1) is 0 Å². The quantitative estimate of drug-likeness (QED) is 0.815. The van der Waals surface area contributed by atoms with E-state index in [0.717, 1.165) is 30.9 Å². The van der Waals surface area contributed by atoms with Crippen molar-refractivity contribution in [2.24, 2.45) is 0 Å². The number of piperidine rings is 1. The fourth-order valence-corrected chi connectivity index (χ4v) is 2.65. The Morgan fingerprint density at radius 3 is 2.73 bits per heavy atom. The van der Waals surface area contributed by atoms with E-state index in [1.165, 1.54) is 6.42 Å². The summed E-state index contributed by atoms with van der Waals surface area (Å²) in [5.41, 5.74) is 1.79. The van der Waals surface area contributed by atoms with E-state index in [1.807, 2.05) is 48.5 Å². The Morgan fingerprint density at radius 2 is 1.95 bits per heavy atom. The van der Waals surface area contributed by atoms with Crippen LogP contribution in [0.4, 0.5) is 16.3 Å². The van der Waals surface area contributed by atoms with Gasteiger partial charge in [0.15, 0.2) is 0 Å². The highest BCUT2D eigenvalue weighted by Gasteiger charge is 2.16. The molecule has 1 atom stereocenters.